The minimum atomic E-state index is 0. The number of aliphatic imine (C=N–C) groups is 1. The molecule has 0 radical (unpaired) electrons. The summed E-state index contributed by atoms with van der Waals surface area (Å²) in [5, 5.41) is 2.94. The Balaban J connectivity index is 0.000000490. The standard InChI is InChI=1S/C4H9N3.BrH/c1-3-2-6-4(5)7-3;/h3H,2H2,1H3,(H3,5,6,7);1H. The first-order valence-electron chi connectivity index (χ1n) is 2.35. The Morgan fingerprint density at radius 1 is 1.88 bits per heavy atom. The van der Waals surface area contributed by atoms with Crippen LogP contribution in [0.4, 0.5) is 0 Å². The van der Waals surface area contributed by atoms with Gasteiger partial charge in [-0.3, -0.25) is 4.99 Å². The third kappa shape index (κ3) is 1.69. The van der Waals surface area contributed by atoms with E-state index in [4.69, 9.17) is 5.73 Å². The zero-order valence-electron chi connectivity index (χ0n) is 4.72. The fourth-order valence-corrected chi connectivity index (χ4v) is 0.579. The van der Waals surface area contributed by atoms with Crippen LogP contribution in [0.1, 0.15) is 6.92 Å². The molecule has 0 aliphatic carbocycles. The minimum Gasteiger partial charge on any atom is -0.370 e. The number of nitrogens with two attached hydrogens (primary N) is 1. The lowest BCUT2D eigenvalue weighted by Crippen LogP contribution is -2.32. The van der Waals surface area contributed by atoms with Crippen LogP contribution in [0.15, 0.2) is 4.99 Å². The lowest BCUT2D eigenvalue weighted by Gasteiger charge is -1.98. The molecule has 0 amide bonds. The molecule has 0 aromatic rings. The van der Waals surface area contributed by atoms with Crippen molar-refractivity contribution in [1.82, 2.24) is 5.32 Å². The molecular weight excluding hydrogens is 170 g/mol. The second kappa shape index (κ2) is 2.91. The van der Waals surface area contributed by atoms with Gasteiger partial charge in [0, 0.05) is 6.04 Å². The lowest BCUT2D eigenvalue weighted by atomic mass is 10.4. The van der Waals surface area contributed by atoms with Crippen LogP contribution in [0, 0.1) is 0 Å². The molecule has 0 aromatic carbocycles. The first kappa shape index (κ1) is 7.75. The molecule has 1 unspecified atom stereocenters. The minimum absolute atomic E-state index is 0. The summed E-state index contributed by atoms with van der Waals surface area (Å²) in [6, 6.07) is 0.444. The summed E-state index contributed by atoms with van der Waals surface area (Å²) in [7, 11) is 0. The van der Waals surface area contributed by atoms with E-state index in [0.29, 0.717) is 12.0 Å². The fourth-order valence-electron chi connectivity index (χ4n) is 0.579. The van der Waals surface area contributed by atoms with Crippen LogP contribution in [0.25, 0.3) is 0 Å². The predicted molar refractivity (Wildman–Crippen MR) is 39.4 cm³/mol. The smallest absolute Gasteiger partial charge is 0.188 e. The highest BCUT2D eigenvalue weighted by Gasteiger charge is 2.06. The van der Waals surface area contributed by atoms with Crippen molar-refractivity contribution in [2.24, 2.45) is 10.7 Å². The SMILES string of the molecule is Br.CC1CN=C(N)N1. The molecule has 0 fully saturated rings. The van der Waals surface area contributed by atoms with Gasteiger partial charge in [0.15, 0.2) is 5.96 Å². The predicted octanol–water partition coefficient (Wildman–Crippen LogP) is -0.129. The fraction of sp³-hybridized carbons (Fsp3) is 0.750. The summed E-state index contributed by atoms with van der Waals surface area (Å²) in [4.78, 5) is 3.90. The van der Waals surface area contributed by atoms with E-state index in [9.17, 15) is 0 Å². The third-order valence-corrected chi connectivity index (χ3v) is 0.930. The number of nitrogens with one attached hydrogen (secondary N) is 1. The first-order valence-corrected chi connectivity index (χ1v) is 2.35. The van der Waals surface area contributed by atoms with E-state index in [1.165, 1.54) is 0 Å². The number of nitrogens with zero attached hydrogens (tertiary/aromatic N) is 1. The van der Waals surface area contributed by atoms with Gasteiger partial charge in [-0.1, -0.05) is 0 Å². The van der Waals surface area contributed by atoms with Crippen molar-refractivity contribution in [2.75, 3.05) is 6.54 Å². The van der Waals surface area contributed by atoms with E-state index in [2.05, 4.69) is 10.3 Å². The average Bonchev–Trinajstić information content (AvgIpc) is 1.87. The van der Waals surface area contributed by atoms with Crippen LogP contribution in [0.5, 0.6) is 0 Å². The molecule has 3 nitrogen and oxygen atoms in total. The summed E-state index contributed by atoms with van der Waals surface area (Å²) in [6.45, 7) is 2.87. The van der Waals surface area contributed by atoms with Crippen LogP contribution in [-0.2, 0) is 0 Å². The van der Waals surface area contributed by atoms with E-state index < -0.39 is 0 Å². The van der Waals surface area contributed by atoms with Crippen molar-refractivity contribution in [1.29, 1.82) is 0 Å². The van der Waals surface area contributed by atoms with E-state index in [0.717, 1.165) is 6.54 Å². The lowest BCUT2D eigenvalue weighted by molar-refractivity contribution is 0.724. The number of guanidine groups is 1. The molecule has 0 saturated carbocycles. The monoisotopic (exact) mass is 179 g/mol. The highest BCUT2D eigenvalue weighted by atomic mass is 79.9. The molecule has 0 aromatic heterocycles. The van der Waals surface area contributed by atoms with Gasteiger partial charge in [0.1, 0.15) is 0 Å². The summed E-state index contributed by atoms with van der Waals surface area (Å²) < 4.78 is 0. The molecule has 0 saturated heterocycles. The van der Waals surface area contributed by atoms with Crippen LogP contribution in [0.3, 0.4) is 0 Å². The molecule has 48 valence electrons. The maximum absolute atomic E-state index is 5.26. The van der Waals surface area contributed by atoms with Crippen molar-refractivity contribution in [2.45, 2.75) is 13.0 Å². The first-order chi connectivity index (χ1) is 3.29. The molecule has 1 heterocycles. The summed E-state index contributed by atoms with van der Waals surface area (Å²) in [5.74, 6) is 0.576. The Morgan fingerprint density at radius 3 is 2.62 bits per heavy atom. The highest BCUT2D eigenvalue weighted by Crippen LogP contribution is 1.88. The molecule has 1 aliphatic rings. The van der Waals surface area contributed by atoms with Gasteiger partial charge >= 0.3 is 0 Å². The third-order valence-electron chi connectivity index (χ3n) is 0.930. The van der Waals surface area contributed by atoms with Crippen LogP contribution >= 0.6 is 17.0 Å². The Hall–Kier alpha value is -0.250. The second-order valence-electron chi connectivity index (χ2n) is 1.77. The number of halogens is 1. The maximum Gasteiger partial charge on any atom is 0.188 e. The Kier molecular flexibility index (Phi) is 2.82. The van der Waals surface area contributed by atoms with Gasteiger partial charge in [0.2, 0.25) is 0 Å². The number of hydrogen-bond acceptors (Lipinski definition) is 3. The van der Waals surface area contributed by atoms with Crippen LogP contribution in [-0.4, -0.2) is 18.5 Å². The number of rotatable bonds is 0. The zero-order chi connectivity index (χ0) is 5.28. The van der Waals surface area contributed by atoms with Crippen molar-refractivity contribution in [3.8, 4) is 0 Å². The molecule has 0 bridgehead atoms. The van der Waals surface area contributed by atoms with Gasteiger partial charge in [0.05, 0.1) is 6.54 Å². The maximum atomic E-state index is 5.26. The number of hydrogen-bond donors (Lipinski definition) is 2. The molecule has 1 rings (SSSR count). The largest absolute Gasteiger partial charge is 0.370 e. The molecule has 1 atom stereocenters. The molecule has 3 N–H and O–H groups in total. The summed E-state index contributed by atoms with van der Waals surface area (Å²) in [5.41, 5.74) is 5.26. The van der Waals surface area contributed by atoms with Gasteiger partial charge in [0.25, 0.3) is 0 Å². The van der Waals surface area contributed by atoms with E-state index in [1.54, 1.807) is 0 Å². The summed E-state index contributed by atoms with van der Waals surface area (Å²) in [6.07, 6.45) is 0. The van der Waals surface area contributed by atoms with Gasteiger partial charge in [-0.05, 0) is 6.92 Å². The van der Waals surface area contributed by atoms with E-state index >= 15 is 0 Å². The second-order valence-corrected chi connectivity index (χ2v) is 1.77. The van der Waals surface area contributed by atoms with Gasteiger partial charge in [-0.2, -0.15) is 0 Å². The summed E-state index contributed by atoms with van der Waals surface area (Å²) >= 11 is 0. The van der Waals surface area contributed by atoms with Crippen LogP contribution in [0.2, 0.25) is 0 Å². The quantitative estimate of drug-likeness (QED) is 0.545. The Morgan fingerprint density at radius 2 is 2.50 bits per heavy atom. The van der Waals surface area contributed by atoms with Crippen LogP contribution < -0.4 is 11.1 Å². The molecule has 1 aliphatic heterocycles. The van der Waals surface area contributed by atoms with Crippen molar-refractivity contribution in [3.05, 3.63) is 0 Å². The van der Waals surface area contributed by atoms with Gasteiger partial charge in [-0.25, -0.2) is 0 Å². The molecule has 8 heavy (non-hydrogen) atoms. The average molecular weight is 180 g/mol. The normalized spacial score (nSPS) is 25.6. The van der Waals surface area contributed by atoms with Crippen molar-refractivity contribution < 1.29 is 0 Å². The molecular formula is C4H10BrN3. The molecule has 4 heteroatoms. The van der Waals surface area contributed by atoms with Gasteiger partial charge in [-0.15, -0.1) is 17.0 Å². The van der Waals surface area contributed by atoms with Crippen molar-refractivity contribution in [3.63, 3.8) is 0 Å². The van der Waals surface area contributed by atoms with E-state index in [-0.39, 0.29) is 17.0 Å². The van der Waals surface area contributed by atoms with Gasteiger partial charge < -0.3 is 11.1 Å². The Labute approximate surface area is 59.1 Å². The highest BCUT2D eigenvalue weighted by molar-refractivity contribution is 8.93. The molecule has 0 spiro atoms. The van der Waals surface area contributed by atoms with Crippen molar-refractivity contribution >= 4 is 22.9 Å². The van der Waals surface area contributed by atoms with E-state index in [1.807, 2.05) is 6.92 Å². The zero-order valence-corrected chi connectivity index (χ0v) is 6.43. The Bertz CT molecular complexity index is 101. The topological polar surface area (TPSA) is 50.4 Å².